The molecule has 0 spiro atoms. The highest BCUT2D eigenvalue weighted by molar-refractivity contribution is 6.28. The number of aromatic nitrogens is 1. The van der Waals surface area contributed by atoms with Crippen LogP contribution in [0.15, 0.2) is 78.9 Å². The first kappa shape index (κ1) is 14.8. The molecule has 0 unspecified atom stereocenters. The van der Waals surface area contributed by atoms with Crippen LogP contribution in [0.3, 0.4) is 0 Å². The molecule has 0 N–H and O–H groups in total. The van der Waals surface area contributed by atoms with Crippen LogP contribution >= 0.6 is 0 Å². The lowest BCUT2D eigenvalue weighted by molar-refractivity contribution is 0.0995. The van der Waals surface area contributed by atoms with Crippen molar-refractivity contribution >= 4 is 33.4 Å². The van der Waals surface area contributed by atoms with E-state index >= 15 is 0 Å². The topological polar surface area (TPSA) is 39.1 Å². The number of ketones is 2. The molecule has 3 nitrogen and oxygen atoms in total. The fourth-order valence-electron chi connectivity index (χ4n) is 3.86. The van der Waals surface area contributed by atoms with Gasteiger partial charge in [0.2, 0.25) is 0 Å². The summed E-state index contributed by atoms with van der Waals surface area (Å²) in [7, 11) is 0. The summed E-state index contributed by atoms with van der Waals surface area (Å²) in [6.07, 6.45) is 2.75. The standard InChI is InChI=1S/C23H15NO2/c25-20-12-13-21(26)22-18(20)11-10-17-16-8-4-5-9-19(16)24(23(17)22)14-15-6-2-1-3-7-15/h1-13H,14H2. The van der Waals surface area contributed by atoms with Crippen molar-refractivity contribution in [1.29, 1.82) is 0 Å². The summed E-state index contributed by atoms with van der Waals surface area (Å²) in [5.41, 5.74) is 4.06. The molecule has 124 valence electrons. The van der Waals surface area contributed by atoms with Crippen molar-refractivity contribution in [3.05, 3.63) is 95.6 Å². The van der Waals surface area contributed by atoms with Crippen LogP contribution in [0.5, 0.6) is 0 Å². The van der Waals surface area contributed by atoms with Crippen molar-refractivity contribution in [2.24, 2.45) is 0 Å². The molecule has 0 fully saturated rings. The van der Waals surface area contributed by atoms with E-state index in [0.29, 0.717) is 17.7 Å². The Morgan fingerprint density at radius 3 is 2.27 bits per heavy atom. The molecule has 0 saturated heterocycles. The number of hydrogen-bond donors (Lipinski definition) is 0. The molecule has 0 bridgehead atoms. The average Bonchev–Trinajstić information content (AvgIpc) is 2.99. The number of benzene rings is 3. The highest BCUT2D eigenvalue weighted by Crippen LogP contribution is 2.35. The largest absolute Gasteiger partial charge is 0.335 e. The Morgan fingerprint density at radius 2 is 1.42 bits per heavy atom. The first-order valence-electron chi connectivity index (χ1n) is 8.58. The first-order chi connectivity index (χ1) is 12.7. The van der Waals surface area contributed by atoms with Gasteiger partial charge in [-0.05, 0) is 29.8 Å². The Kier molecular flexibility index (Phi) is 3.16. The minimum Gasteiger partial charge on any atom is -0.335 e. The van der Waals surface area contributed by atoms with Crippen molar-refractivity contribution < 1.29 is 9.59 Å². The molecule has 0 radical (unpaired) electrons. The monoisotopic (exact) mass is 337 g/mol. The molecule has 1 aliphatic rings. The van der Waals surface area contributed by atoms with E-state index < -0.39 is 0 Å². The zero-order chi connectivity index (χ0) is 17.7. The van der Waals surface area contributed by atoms with Crippen LogP contribution in [0.4, 0.5) is 0 Å². The molecule has 1 aliphatic carbocycles. The molecule has 0 atom stereocenters. The first-order valence-corrected chi connectivity index (χ1v) is 8.58. The predicted octanol–water partition coefficient (Wildman–Crippen LogP) is 4.78. The summed E-state index contributed by atoms with van der Waals surface area (Å²) < 4.78 is 2.16. The van der Waals surface area contributed by atoms with Crippen molar-refractivity contribution in [2.75, 3.05) is 0 Å². The van der Waals surface area contributed by atoms with E-state index in [4.69, 9.17) is 0 Å². The van der Waals surface area contributed by atoms with Crippen LogP contribution in [0.1, 0.15) is 26.3 Å². The lowest BCUT2D eigenvalue weighted by atomic mass is 9.92. The Hall–Kier alpha value is -3.46. The van der Waals surface area contributed by atoms with Crippen molar-refractivity contribution in [2.45, 2.75) is 6.54 Å². The van der Waals surface area contributed by atoms with E-state index in [9.17, 15) is 9.59 Å². The third kappa shape index (κ3) is 2.07. The number of hydrogen-bond acceptors (Lipinski definition) is 2. The molecule has 5 rings (SSSR count). The summed E-state index contributed by atoms with van der Waals surface area (Å²) in [4.78, 5) is 25.0. The van der Waals surface area contributed by atoms with Gasteiger partial charge in [0, 0.05) is 28.4 Å². The highest BCUT2D eigenvalue weighted by Gasteiger charge is 2.25. The maximum absolute atomic E-state index is 12.7. The van der Waals surface area contributed by atoms with E-state index in [1.54, 1.807) is 6.07 Å². The number of rotatable bonds is 2. The summed E-state index contributed by atoms with van der Waals surface area (Å²) in [5.74, 6) is -0.222. The Balaban J connectivity index is 1.91. The van der Waals surface area contributed by atoms with E-state index in [0.717, 1.165) is 27.4 Å². The van der Waals surface area contributed by atoms with Crippen LogP contribution < -0.4 is 0 Å². The third-order valence-electron chi connectivity index (χ3n) is 5.01. The predicted molar refractivity (Wildman–Crippen MR) is 103 cm³/mol. The molecule has 1 aromatic heterocycles. The van der Waals surface area contributed by atoms with E-state index in [1.165, 1.54) is 12.2 Å². The average molecular weight is 337 g/mol. The van der Waals surface area contributed by atoms with Gasteiger partial charge in [-0.3, -0.25) is 9.59 Å². The van der Waals surface area contributed by atoms with Crippen LogP contribution in [0.2, 0.25) is 0 Å². The summed E-state index contributed by atoms with van der Waals surface area (Å²) in [6, 6.07) is 22.0. The molecular formula is C23H15NO2. The lowest BCUT2D eigenvalue weighted by Crippen LogP contribution is -2.14. The SMILES string of the molecule is O=C1C=CC(=O)c2c1ccc1c3ccccc3n(Cc3ccccc3)c21. The number of para-hydroxylation sites is 1. The second kappa shape index (κ2) is 5.53. The maximum atomic E-state index is 12.7. The van der Waals surface area contributed by atoms with Crippen LogP contribution in [-0.2, 0) is 6.54 Å². The molecule has 3 heteroatoms. The summed E-state index contributed by atoms with van der Waals surface area (Å²) in [6.45, 7) is 0.645. The fourth-order valence-corrected chi connectivity index (χ4v) is 3.86. The number of carbonyl (C=O) groups excluding carboxylic acids is 2. The highest BCUT2D eigenvalue weighted by atomic mass is 16.1. The van der Waals surface area contributed by atoms with Crippen LogP contribution in [-0.4, -0.2) is 16.1 Å². The number of carbonyl (C=O) groups is 2. The van der Waals surface area contributed by atoms with E-state index in [1.807, 2.05) is 36.4 Å². The second-order valence-corrected chi connectivity index (χ2v) is 6.54. The fraction of sp³-hybridized carbons (Fsp3) is 0.0435. The maximum Gasteiger partial charge on any atom is 0.188 e. The zero-order valence-corrected chi connectivity index (χ0v) is 14.0. The molecule has 26 heavy (non-hydrogen) atoms. The van der Waals surface area contributed by atoms with Gasteiger partial charge in [-0.2, -0.15) is 0 Å². The van der Waals surface area contributed by atoms with E-state index in [-0.39, 0.29) is 11.6 Å². The normalized spacial score (nSPS) is 13.5. The summed E-state index contributed by atoms with van der Waals surface area (Å²) in [5, 5.41) is 2.10. The molecule has 1 heterocycles. The van der Waals surface area contributed by atoms with Gasteiger partial charge in [0.15, 0.2) is 11.6 Å². The van der Waals surface area contributed by atoms with Crippen LogP contribution in [0.25, 0.3) is 21.8 Å². The Morgan fingerprint density at radius 1 is 0.692 bits per heavy atom. The van der Waals surface area contributed by atoms with Crippen molar-refractivity contribution in [1.82, 2.24) is 4.57 Å². The van der Waals surface area contributed by atoms with Gasteiger partial charge in [-0.15, -0.1) is 0 Å². The van der Waals surface area contributed by atoms with Gasteiger partial charge >= 0.3 is 0 Å². The van der Waals surface area contributed by atoms with Gasteiger partial charge in [0.1, 0.15) is 0 Å². The van der Waals surface area contributed by atoms with Crippen LogP contribution in [0, 0.1) is 0 Å². The minimum absolute atomic E-state index is 0.109. The zero-order valence-electron chi connectivity index (χ0n) is 14.0. The van der Waals surface area contributed by atoms with Gasteiger partial charge in [-0.25, -0.2) is 0 Å². The molecule has 0 saturated carbocycles. The molecule has 3 aromatic carbocycles. The number of fused-ring (bicyclic) bond motifs is 5. The number of nitrogens with zero attached hydrogens (tertiary/aromatic N) is 1. The van der Waals surface area contributed by atoms with E-state index in [2.05, 4.69) is 28.8 Å². The molecule has 0 aliphatic heterocycles. The van der Waals surface area contributed by atoms with Crippen molar-refractivity contribution in [3.8, 4) is 0 Å². The van der Waals surface area contributed by atoms with Gasteiger partial charge in [-0.1, -0.05) is 54.6 Å². The van der Waals surface area contributed by atoms with Gasteiger partial charge < -0.3 is 4.57 Å². The Bertz CT molecular complexity index is 1230. The smallest absolute Gasteiger partial charge is 0.188 e. The third-order valence-corrected chi connectivity index (χ3v) is 5.01. The molecular weight excluding hydrogens is 322 g/mol. The Labute approximate surface area is 150 Å². The van der Waals surface area contributed by atoms with Gasteiger partial charge in [0.05, 0.1) is 11.1 Å². The lowest BCUT2D eigenvalue weighted by Gasteiger charge is -2.14. The minimum atomic E-state index is -0.113. The molecule has 4 aromatic rings. The second-order valence-electron chi connectivity index (χ2n) is 6.54. The quantitative estimate of drug-likeness (QED) is 0.528. The molecule has 0 amide bonds. The number of allylic oxidation sites excluding steroid dienone is 2. The summed E-state index contributed by atoms with van der Waals surface area (Å²) >= 11 is 0. The van der Waals surface area contributed by atoms with Crippen molar-refractivity contribution in [3.63, 3.8) is 0 Å². The van der Waals surface area contributed by atoms with Gasteiger partial charge in [0.25, 0.3) is 0 Å².